The van der Waals surface area contributed by atoms with Crippen LogP contribution in [0.15, 0.2) is 76.6 Å². The van der Waals surface area contributed by atoms with Gasteiger partial charge in [0.25, 0.3) is 15.9 Å². The first-order chi connectivity index (χ1) is 16.9. The minimum Gasteiger partial charge on any atom is -0.304 e. The van der Waals surface area contributed by atoms with Gasteiger partial charge in [-0.05, 0) is 67.3 Å². The Hall–Kier alpha value is -3.67. The van der Waals surface area contributed by atoms with E-state index in [4.69, 9.17) is 6.42 Å². The van der Waals surface area contributed by atoms with Crippen LogP contribution in [0.2, 0.25) is 0 Å². The third-order valence-corrected chi connectivity index (χ3v) is 8.98. The molecule has 1 amide bonds. The average molecular weight is 502 g/mol. The highest BCUT2D eigenvalue weighted by atomic mass is 32.2. The molecule has 0 spiro atoms. The predicted octanol–water partition coefficient (Wildman–Crippen LogP) is 4.53. The van der Waals surface area contributed by atoms with Gasteiger partial charge in [-0.2, -0.15) is 4.99 Å². The van der Waals surface area contributed by atoms with Crippen molar-refractivity contribution in [1.82, 2.24) is 4.57 Å². The molecule has 0 fully saturated rings. The molecule has 4 aromatic rings. The number of sulfonamides is 1. The van der Waals surface area contributed by atoms with Gasteiger partial charge in [-0.25, -0.2) is 8.42 Å². The van der Waals surface area contributed by atoms with Crippen molar-refractivity contribution in [1.29, 1.82) is 0 Å². The smallest absolute Gasteiger partial charge is 0.279 e. The Bertz CT molecular complexity index is 1660. The lowest BCUT2D eigenvalue weighted by Gasteiger charge is -2.30. The highest BCUT2D eigenvalue weighted by Gasteiger charge is 2.29. The minimum atomic E-state index is -3.75. The van der Waals surface area contributed by atoms with E-state index in [1.54, 1.807) is 0 Å². The highest BCUT2D eigenvalue weighted by molar-refractivity contribution is 7.92. The topological polar surface area (TPSA) is 71.7 Å². The molecule has 0 atom stereocenters. The summed E-state index contributed by atoms with van der Waals surface area (Å²) in [6.07, 6.45) is 7.18. The van der Waals surface area contributed by atoms with Crippen molar-refractivity contribution in [2.45, 2.75) is 31.2 Å². The molecular formula is C27H23N3O3S2. The van der Waals surface area contributed by atoms with E-state index in [0.29, 0.717) is 29.1 Å². The lowest BCUT2D eigenvalue weighted by molar-refractivity contribution is 0.0998. The number of hydrogen-bond donors (Lipinski definition) is 0. The van der Waals surface area contributed by atoms with E-state index in [9.17, 15) is 13.2 Å². The number of terminal acetylenes is 1. The van der Waals surface area contributed by atoms with Gasteiger partial charge in [0.05, 0.1) is 27.3 Å². The molecule has 0 bridgehead atoms. The van der Waals surface area contributed by atoms with E-state index in [2.05, 4.69) is 10.9 Å². The van der Waals surface area contributed by atoms with E-state index < -0.39 is 15.9 Å². The molecule has 8 heteroatoms. The maximum Gasteiger partial charge on any atom is 0.279 e. The zero-order chi connectivity index (χ0) is 24.6. The zero-order valence-electron chi connectivity index (χ0n) is 19.1. The zero-order valence-corrected chi connectivity index (χ0v) is 20.8. The van der Waals surface area contributed by atoms with Crippen molar-refractivity contribution in [3.63, 3.8) is 0 Å². The first kappa shape index (κ1) is 23.1. The molecule has 0 unspecified atom stereocenters. The number of rotatable bonds is 4. The molecule has 0 saturated heterocycles. The number of hydrogen-bond acceptors (Lipinski definition) is 4. The number of amides is 1. The Balaban J connectivity index is 1.48. The van der Waals surface area contributed by atoms with Crippen molar-refractivity contribution in [2.75, 3.05) is 10.8 Å². The number of fused-ring (bicyclic) bond motifs is 2. The van der Waals surface area contributed by atoms with Gasteiger partial charge < -0.3 is 4.57 Å². The van der Waals surface area contributed by atoms with Crippen molar-refractivity contribution >= 4 is 43.2 Å². The second-order valence-corrected chi connectivity index (χ2v) is 11.2. The van der Waals surface area contributed by atoms with Crippen LogP contribution in [0.1, 0.15) is 27.9 Å². The maximum absolute atomic E-state index is 13.4. The van der Waals surface area contributed by atoms with E-state index >= 15 is 0 Å². The van der Waals surface area contributed by atoms with Crippen LogP contribution < -0.4 is 9.11 Å². The van der Waals surface area contributed by atoms with Crippen molar-refractivity contribution in [3.8, 4) is 12.3 Å². The summed E-state index contributed by atoms with van der Waals surface area (Å²) in [7, 11) is -3.75. The number of aryl methyl sites for hydroxylation is 2. The number of aromatic nitrogens is 1. The summed E-state index contributed by atoms with van der Waals surface area (Å²) in [5.74, 6) is 2.18. The molecular weight excluding hydrogens is 478 g/mol. The van der Waals surface area contributed by atoms with Gasteiger partial charge in [0.15, 0.2) is 4.80 Å². The van der Waals surface area contributed by atoms with Gasteiger partial charge >= 0.3 is 0 Å². The third kappa shape index (κ3) is 4.18. The average Bonchev–Trinajstić information content (AvgIpc) is 3.22. The summed E-state index contributed by atoms with van der Waals surface area (Å²) in [6, 6.07) is 19.5. The van der Waals surface area contributed by atoms with Crippen LogP contribution >= 0.6 is 11.3 Å². The molecule has 1 aliphatic heterocycles. The van der Waals surface area contributed by atoms with Gasteiger partial charge in [-0.15, -0.1) is 6.42 Å². The number of para-hydroxylation sites is 2. The molecule has 2 heterocycles. The van der Waals surface area contributed by atoms with Crippen LogP contribution in [0.3, 0.4) is 0 Å². The molecule has 0 aliphatic carbocycles. The van der Waals surface area contributed by atoms with Gasteiger partial charge in [-0.3, -0.25) is 9.10 Å². The number of nitrogens with zero attached hydrogens (tertiary/aromatic N) is 3. The molecule has 1 aromatic heterocycles. The third-order valence-electron chi connectivity index (χ3n) is 6.11. The first-order valence-corrected chi connectivity index (χ1v) is 13.5. The molecule has 6 nitrogen and oxygen atoms in total. The largest absolute Gasteiger partial charge is 0.304 e. The van der Waals surface area contributed by atoms with E-state index in [-0.39, 0.29) is 4.90 Å². The normalized spacial score (nSPS) is 14.1. The van der Waals surface area contributed by atoms with Crippen molar-refractivity contribution in [2.24, 2.45) is 4.99 Å². The van der Waals surface area contributed by atoms with Crippen molar-refractivity contribution in [3.05, 3.63) is 88.2 Å². The Kier molecular flexibility index (Phi) is 6.05. The summed E-state index contributed by atoms with van der Waals surface area (Å²) in [6.45, 7) is 2.72. The summed E-state index contributed by atoms with van der Waals surface area (Å²) < 4.78 is 31.0. The van der Waals surface area contributed by atoms with Gasteiger partial charge in [-0.1, -0.05) is 47.6 Å². The van der Waals surface area contributed by atoms with Crippen LogP contribution in [0.5, 0.6) is 0 Å². The number of carbonyl (C=O) groups is 1. The summed E-state index contributed by atoms with van der Waals surface area (Å²) in [5, 5.41) is 0. The SMILES string of the molecule is C#CCn1c(=NC(=O)c2ccc(S(=O)(=O)N3CCCc4ccccc43)cc2)sc2cccc(C)c21. The fourth-order valence-corrected chi connectivity index (χ4v) is 7.07. The molecule has 176 valence electrons. The molecule has 1 aliphatic rings. The van der Waals surface area contributed by atoms with Gasteiger partial charge in [0.2, 0.25) is 0 Å². The highest BCUT2D eigenvalue weighted by Crippen LogP contribution is 2.31. The standard InChI is InChI=1S/C27H23N3O3S2/c1-3-17-29-25-19(2)8-6-12-24(25)34-27(29)28-26(31)21-13-15-22(16-14-21)35(32,33)30-18-7-10-20-9-4-5-11-23(20)30/h1,4-6,8-9,11-16H,7,10,17-18H2,2H3. The fraction of sp³-hybridized carbons (Fsp3) is 0.185. The summed E-state index contributed by atoms with van der Waals surface area (Å²) >= 11 is 1.40. The van der Waals surface area contributed by atoms with Crippen LogP contribution in [-0.4, -0.2) is 25.4 Å². The Morgan fingerprint density at radius 2 is 1.86 bits per heavy atom. The first-order valence-electron chi connectivity index (χ1n) is 11.2. The van der Waals surface area contributed by atoms with Gasteiger partial charge in [0.1, 0.15) is 0 Å². The summed E-state index contributed by atoms with van der Waals surface area (Å²) in [5.41, 5.74) is 4.06. The van der Waals surface area contributed by atoms with E-state index in [1.165, 1.54) is 39.9 Å². The van der Waals surface area contributed by atoms with E-state index in [0.717, 1.165) is 34.2 Å². The fourth-order valence-electron chi connectivity index (χ4n) is 4.43. The molecule has 3 aromatic carbocycles. The molecule has 0 N–H and O–H groups in total. The Labute approximate surface area is 208 Å². The molecule has 0 saturated carbocycles. The maximum atomic E-state index is 13.4. The Morgan fingerprint density at radius 1 is 1.09 bits per heavy atom. The predicted molar refractivity (Wildman–Crippen MR) is 139 cm³/mol. The van der Waals surface area contributed by atoms with Crippen molar-refractivity contribution < 1.29 is 13.2 Å². The van der Waals surface area contributed by atoms with Crippen LogP contribution in [-0.2, 0) is 23.0 Å². The van der Waals surface area contributed by atoms with Crippen LogP contribution in [0.25, 0.3) is 10.2 Å². The number of anilines is 1. The lowest BCUT2D eigenvalue weighted by atomic mass is 10.0. The molecule has 0 radical (unpaired) electrons. The second-order valence-electron chi connectivity index (χ2n) is 8.35. The molecule has 5 rings (SSSR count). The number of thiazole rings is 1. The number of benzene rings is 3. The number of carbonyl (C=O) groups excluding carboxylic acids is 1. The Morgan fingerprint density at radius 3 is 2.63 bits per heavy atom. The second kappa shape index (κ2) is 9.17. The monoisotopic (exact) mass is 501 g/mol. The van der Waals surface area contributed by atoms with Gasteiger partial charge in [0, 0.05) is 12.1 Å². The summed E-state index contributed by atoms with van der Waals surface area (Å²) in [4.78, 5) is 18.0. The van der Waals surface area contributed by atoms with E-state index in [1.807, 2.05) is 54.0 Å². The van der Waals surface area contributed by atoms with Crippen LogP contribution in [0.4, 0.5) is 5.69 Å². The minimum absolute atomic E-state index is 0.144. The van der Waals surface area contributed by atoms with Crippen LogP contribution in [0, 0.1) is 19.3 Å². The lowest BCUT2D eigenvalue weighted by Crippen LogP contribution is -2.35. The quantitative estimate of drug-likeness (QED) is 0.386. The molecule has 35 heavy (non-hydrogen) atoms.